The molecule has 0 saturated heterocycles. The van der Waals surface area contributed by atoms with Gasteiger partial charge in [-0.05, 0) is 30.0 Å². The van der Waals surface area contributed by atoms with Crippen LogP contribution in [-0.2, 0) is 11.3 Å². The molecule has 2 aromatic carbocycles. The molecule has 0 saturated carbocycles. The Kier molecular flexibility index (Phi) is 4.30. The van der Waals surface area contributed by atoms with Gasteiger partial charge in [0.15, 0.2) is 0 Å². The Morgan fingerprint density at radius 2 is 1.96 bits per heavy atom. The van der Waals surface area contributed by atoms with Crippen LogP contribution >= 0.6 is 0 Å². The summed E-state index contributed by atoms with van der Waals surface area (Å²) in [5.41, 5.74) is 0.686. The molecule has 0 aliphatic carbocycles. The van der Waals surface area contributed by atoms with Gasteiger partial charge in [0.25, 0.3) is 11.2 Å². The third kappa shape index (κ3) is 3.40. The van der Waals surface area contributed by atoms with Crippen molar-refractivity contribution in [3.05, 3.63) is 80.8 Å². The summed E-state index contributed by atoms with van der Waals surface area (Å²) in [5, 5.41) is 14.8. The van der Waals surface area contributed by atoms with E-state index in [-0.39, 0.29) is 17.8 Å². The van der Waals surface area contributed by atoms with Crippen molar-refractivity contribution in [1.82, 2.24) is 4.57 Å². The molecule has 0 spiro atoms. The lowest BCUT2D eigenvalue weighted by Gasteiger charge is -2.10. The van der Waals surface area contributed by atoms with Crippen molar-refractivity contribution in [3.8, 4) is 0 Å². The van der Waals surface area contributed by atoms with Gasteiger partial charge in [-0.1, -0.05) is 24.3 Å². The summed E-state index contributed by atoms with van der Waals surface area (Å²) in [6.45, 7) is 1.56. The summed E-state index contributed by atoms with van der Waals surface area (Å²) < 4.78 is 1.31. The van der Waals surface area contributed by atoms with Gasteiger partial charge in [-0.25, -0.2) is 0 Å². The number of non-ortho nitro benzene ring substituents is 1. The fraction of sp³-hybridized carbons (Fsp3) is 0.111. The van der Waals surface area contributed by atoms with Gasteiger partial charge in [0, 0.05) is 23.7 Å². The number of pyridine rings is 1. The van der Waals surface area contributed by atoms with E-state index in [1.165, 1.54) is 16.7 Å². The quantitative estimate of drug-likeness (QED) is 0.585. The maximum absolute atomic E-state index is 12.4. The van der Waals surface area contributed by atoms with E-state index in [4.69, 9.17) is 0 Å². The Labute approximate surface area is 142 Å². The molecule has 3 rings (SSSR count). The zero-order chi connectivity index (χ0) is 18.0. The molecule has 0 fully saturated rings. The average Bonchev–Trinajstić information content (AvgIpc) is 2.59. The van der Waals surface area contributed by atoms with Gasteiger partial charge in [-0.15, -0.1) is 0 Å². The van der Waals surface area contributed by atoms with Crippen LogP contribution < -0.4 is 10.9 Å². The molecule has 0 aliphatic heterocycles. The number of fused-ring (bicyclic) bond motifs is 1. The largest absolute Gasteiger partial charge is 0.324 e. The van der Waals surface area contributed by atoms with Crippen LogP contribution in [0.5, 0.6) is 0 Å². The van der Waals surface area contributed by atoms with Crippen molar-refractivity contribution in [3.63, 3.8) is 0 Å². The van der Waals surface area contributed by atoms with Crippen molar-refractivity contribution >= 4 is 28.1 Å². The molecule has 0 unspecified atom stereocenters. The first-order valence-electron chi connectivity index (χ1n) is 7.59. The van der Waals surface area contributed by atoms with Gasteiger partial charge in [0.1, 0.15) is 6.54 Å². The molecule has 0 bridgehead atoms. The predicted octanol–water partition coefficient (Wildman–Crippen LogP) is 2.86. The van der Waals surface area contributed by atoms with Crippen LogP contribution in [0.2, 0.25) is 0 Å². The molecule has 7 heteroatoms. The normalized spacial score (nSPS) is 10.6. The maximum Gasteiger partial charge on any atom is 0.271 e. The van der Waals surface area contributed by atoms with E-state index in [0.717, 1.165) is 5.39 Å². The number of carbonyl (C=O) groups is 1. The van der Waals surface area contributed by atoms with Crippen molar-refractivity contribution in [2.24, 2.45) is 0 Å². The number of nitrogens with zero attached hydrogens (tertiary/aromatic N) is 2. The molecule has 126 valence electrons. The summed E-state index contributed by atoms with van der Waals surface area (Å²) in [4.78, 5) is 35.0. The zero-order valence-corrected chi connectivity index (χ0v) is 13.4. The highest BCUT2D eigenvalue weighted by Crippen LogP contribution is 2.21. The van der Waals surface area contributed by atoms with Crippen LogP contribution in [0.3, 0.4) is 0 Å². The minimum absolute atomic E-state index is 0.108. The third-order valence-electron chi connectivity index (χ3n) is 3.91. The van der Waals surface area contributed by atoms with Crippen LogP contribution in [0.4, 0.5) is 11.4 Å². The third-order valence-corrected chi connectivity index (χ3v) is 3.91. The molecule has 0 radical (unpaired) electrons. The van der Waals surface area contributed by atoms with Crippen LogP contribution in [0.25, 0.3) is 10.8 Å². The predicted molar refractivity (Wildman–Crippen MR) is 94.7 cm³/mol. The lowest BCUT2D eigenvalue weighted by atomic mass is 10.1. The molecule has 1 N–H and O–H groups in total. The zero-order valence-electron chi connectivity index (χ0n) is 13.4. The van der Waals surface area contributed by atoms with Crippen LogP contribution in [0.1, 0.15) is 5.56 Å². The number of aryl methyl sites for hydroxylation is 1. The number of benzene rings is 2. The summed E-state index contributed by atoms with van der Waals surface area (Å²) in [5.74, 6) is -0.430. The number of carbonyl (C=O) groups excluding carboxylic acids is 1. The number of anilines is 1. The second-order valence-electron chi connectivity index (χ2n) is 5.64. The summed E-state index contributed by atoms with van der Waals surface area (Å²) in [6, 6.07) is 13.1. The number of nitro groups is 1. The highest BCUT2D eigenvalue weighted by molar-refractivity contribution is 5.92. The Balaban J connectivity index is 1.84. The van der Waals surface area contributed by atoms with Gasteiger partial charge < -0.3 is 9.88 Å². The van der Waals surface area contributed by atoms with E-state index in [1.54, 1.807) is 37.4 Å². The van der Waals surface area contributed by atoms with Gasteiger partial charge in [-0.2, -0.15) is 0 Å². The van der Waals surface area contributed by atoms with E-state index in [2.05, 4.69) is 5.32 Å². The van der Waals surface area contributed by atoms with Crippen molar-refractivity contribution < 1.29 is 9.72 Å². The Morgan fingerprint density at radius 1 is 1.20 bits per heavy atom. The van der Waals surface area contributed by atoms with E-state index in [1.807, 2.05) is 12.1 Å². The summed E-state index contributed by atoms with van der Waals surface area (Å²) in [7, 11) is 0. The number of hydrogen-bond acceptors (Lipinski definition) is 4. The second kappa shape index (κ2) is 6.56. The number of nitrogens with one attached hydrogen (secondary N) is 1. The monoisotopic (exact) mass is 337 g/mol. The molecular formula is C18H15N3O4. The highest BCUT2D eigenvalue weighted by Gasteiger charge is 2.12. The van der Waals surface area contributed by atoms with Gasteiger partial charge in [-0.3, -0.25) is 19.7 Å². The SMILES string of the molecule is Cc1ccc([N+](=O)[O-])cc1NC(=O)Cn1ccc2ccccc2c1=O. The molecular weight excluding hydrogens is 322 g/mol. The lowest BCUT2D eigenvalue weighted by Crippen LogP contribution is -2.27. The maximum atomic E-state index is 12.4. The Morgan fingerprint density at radius 3 is 2.72 bits per heavy atom. The standard InChI is InChI=1S/C18H15N3O4/c1-12-6-7-14(21(24)25)10-16(12)19-17(22)11-20-9-8-13-4-2-3-5-15(13)18(20)23/h2-10H,11H2,1H3,(H,19,22). The summed E-state index contributed by atoms with van der Waals surface area (Å²) in [6.07, 6.45) is 1.56. The average molecular weight is 337 g/mol. The molecule has 0 aliphatic rings. The molecule has 1 aromatic heterocycles. The minimum atomic E-state index is -0.525. The van der Waals surface area contributed by atoms with E-state index in [0.29, 0.717) is 16.6 Å². The van der Waals surface area contributed by atoms with E-state index in [9.17, 15) is 19.7 Å². The summed E-state index contributed by atoms with van der Waals surface area (Å²) >= 11 is 0. The lowest BCUT2D eigenvalue weighted by molar-refractivity contribution is -0.384. The molecule has 3 aromatic rings. The van der Waals surface area contributed by atoms with Crippen molar-refractivity contribution in [1.29, 1.82) is 0 Å². The molecule has 25 heavy (non-hydrogen) atoms. The molecule has 1 amide bonds. The molecule has 1 heterocycles. The van der Waals surface area contributed by atoms with Gasteiger partial charge >= 0.3 is 0 Å². The second-order valence-corrected chi connectivity index (χ2v) is 5.64. The first kappa shape index (κ1) is 16.4. The highest BCUT2D eigenvalue weighted by atomic mass is 16.6. The number of rotatable bonds is 4. The molecule has 7 nitrogen and oxygen atoms in total. The Bertz CT molecular complexity index is 1040. The molecule has 0 atom stereocenters. The van der Waals surface area contributed by atoms with Crippen molar-refractivity contribution in [2.75, 3.05) is 5.32 Å². The first-order valence-corrected chi connectivity index (χ1v) is 7.59. The number of amides is 1. The van der Waals surface area contributed by atoms with Crippen LogP contribution in [-0.4, -0.2) is 15.4 Å². The Hall–Kier alpha value is -3.48. The fourth-order valence-electron chi connectivity index (χ4n) is 2.56. The fourth-order valence-corrected chi connectivity index (χ4v) is 2.56. The van der Waals surface area contributed by atoms with E-state index < -0.39 is 10.8 Å². The van der Waals surface area contributed by atoms with Crippen LogP contribution in [0.15, 0.2) is 59.5 Å². The van der Waals surface area contributed by atoms with Gasteiger partial charge in [0.2, 0.25) is 5.91 Å². The number of aromatic nitrogens is 1. The first-order chi connectivity index (χ1) is 12.0. The van der Waals surface area contributed by atoms with Crippen LogP contribution in [0, 0.1) is 17.0 Å². The minimum Gasteiger partial charge on any atom is -0.324 e. The number of nitro benzene ring substituents is 1. The van der Waals surface area contributed by atoms with Gasteiger partial charge in [0.05, 0.1) is 10.6 Å². The number of hydrogen-bond donors (Lipinski definition) is 1. The smallest absolute Gasteiger partial charge is 0.271 e. The van der Waals surface area contributed by atoms with Crippen molar-refractivity contribution in [2.45, 2.75) is 13.5 Å². The topological polar surface area (TPSA) is 94.2 Å². The van der Waals surface area contributed by atoms with E-state index >= 15 is 0 Å².